The first-order chi connectivity index (χ1) is 21.3. The van der Waals surface area contributed by atoms with Crippen molar-refractivity contribution < 1.29 is 58.2 Å². The molecule has 2 aliphatic heterocycles. The standard InChI is InChI=1S/C33H46O12/c1-16(2)22-11-19-12-30(14-34)21-10-9-17(3)20(21)13-31(19,32(22,30)29(39)40)15-42-28-25(37)33(26(41-5)18(4)43-28)44-23(27(38)45-33)7-6-8-24(35)36/h11,14,16-21,23,25-26,28,37H,6-10,12-13,15H2,1-5H3,(H,35,36)(H,39,40)/t17-,18-,19+,20-,21-,23+,25-,26-,28-,30+,31+,32+,33-/m1/s1. The molecule has 6 aliphatic rings. The van der Waals surface area contributed by atoms with E-state index in [0.29, 0.717) is 18.8 Å². The Morgan fingerprint density at radius 2 is 1.91 bits per heavy atom. The van der Waals surface area contributed by atoms with Crippen molar-refractivity contribution in [2.24, 2.45) is 45.8 Å². The third-order valence-corrected chi connectivity index (χ3v) is 12.4. The Hall–Kier alpha value is -2.38. The van der Waals surface area contributed by atoms with Gasteiger partial charge in [-0.1, -0.05) is 38.8 Å². The van der Waals surface area contributed by atoms with Crippen LogP contribution in [0.15, 0.2) is 11.6 Å². The summed E-state index contributed by atoms with van der Waals surface area (Å²) in [5.74, 6) is -4.62. The summed E-state index contributed by atoms with van der Waals surface area (Å²) in [5.41, 5.74) is -2.71. The van der Waals surface area contributed by atoms with Gasteiger partial charge in [-0.25, -0.2) is 4.79 Å². The van der Waals surface area contributed by atoms with Gasteiger partial charge in [0.25, 0.3) is 5.79 Å². The van der Waals surface area contributed by atoms with Gasteiger partial charge in [-0.05, 0) is 68.6 Å². The highest BCUT2D eigenvalue weighted by molar-refractivity contribution is 5.90. The topological polar surface area (TPSA) is 175 Å². The highest BCUT2D eigenvalue weighted by Crippen LogP contribution is 2.82. The minimum Gasteiger partial charge on any atom is -0.481 e. The summed E-state index contributed by atoms with van der Waals surface area (Å²) in [5, 5.41) is 32.0. The molecule has 6 rings (SSSR count). The lowest BCUT2D eigenvalue weighted by Crippen LogP contribution is -2.68. The molecular formula is C33H46O12. The number of carboxylic acids is 2. The molecule has 3 saturated carbocycles. The van der Waals surface area contributed by atoms with Crippen LogP contribution in [0.3, 0.4) is 0 Å². The average Bonchev–Trinajstić information content (AvgIpc) is 3.65. The van der Waals surface area contributed by atoms with Gasteiger partial charge in [0.15, 0.2) is 24.6 Å². The summed E-state index contributed by atoms with van der Waals surface area (Å²) in [6, 6.07) is 0. The molecule has 45 heavy (non-hydrogen) atoms. The minimum absolute atomic E-state index is 0.0340. The maximum absolute atomic E-state index is 13.7. The number of aliphatic carboxylic acids is 2. The number of rotatable bonds is 11. The van der Waals surface area contributed by atoms with Crippen molar-refractivity contribution in [2.45, 2.75) is 109 Å². The minimum atomic E-state index is -1.98. The van der Waals surface area contributed by atoms with Crippen molar-refractivity contribution >= 4 is 24.2 Å². The molecule has 4 bridgehead atoms. The van der Waals surface area contributed by atoms with E-state index in [2.05, 4.69) is 13.0 Å². The van der Waals surface area contributed by atoms with Crippen LogP contribution in [0.5, 0.6) is 0 Å². The first kappa shape index (κ1) is 32.6. The summed E-state index contributed by atoms with van der Waals surface area (Å²) < 4.78 is 29.9. The zero-order valence-corrected chi connectivity index (χ0v) is 26.6. The predicted molar refractivity (Wildman–Crippen MR) is 154 cm³/mol. The molecular weight excluding hydrogens is 588 g/mol. The number of ether oxygens (including phenoxy) is 5. The van der Waals surface area contributed by atoms with E-state index in [1.54, 1.807) is 6.92 Å². The molecule has 2 saturated heterocycles. The van der Waals surface area contributed by atoms with Crippen molar-refractivity contribution in [2.75, 3.05) is 13.7 Å². The molecule has 12 nitrogen and oxygen atoms in total. The maximum atomic E-state index is 13.7. The van der Waals surface area contributed by atoms with Gasteiger partial charge >= 0.3 is 17.9 Å². The number of carbonyl (C=O) groups is 4. The van der Waals surface area contributed by atoms with E-state index < -0.39 is 70.6 Å². The second-order valence-corrected chi connectivity index (χ2v) is 14.6. The largest absolute Gasteiger partial charge is 0.481 e. The van der Waals surface area contributed by atoms with E-state index in [9.17, 15) is 29.4 Å². The van der Waals surface area contributed by atoms with Gasteiger partial charge in [0.05, 0.1) is 18.1 Å². The SMILES string of the molecule is CO[C@@H]1[C@@H](C)O[C@@H](OC[C@@]23C[C@@H]4[C@H](C)CC[C@H]4[C@@]4(C=O)C[C@@H]2C=C(C(C)C)[C@@]34C(=O)O)[C@@H](O)[C@@]12OC(=O)[C@H](CCCC(=O)O)O2. The molecule has 0 radical (unpaired) electrons. The number of esters is 1. The number of aliphatic hydroxyl groups excluding tert-OH is 1. The van der Waals surface area contributed by atoms with Gasteiger partial charge in [-0.2, -0.15) is 0 Å². The molecule has 5 fully saturated rings. The number of carbonyl (C=O) groups excluding carboxylic acids is 2. The monoisotopic (exact) mass is 634 g/mol. The third kappa shape index (κ3) is 4.14. The van der Waals surface area contributed by atoms with Crippen molar-refractivity contribution in [3.8, 4) is 0 Å². The zero-order valence-electron chi connectivity index (χ0n) is 26.6. The first-order valence-corrected chi connectivity index (χ1v) is 16.3. The van der Waals surface area contributed by atoms with Crippen LogP contribution in [0, 0.1) is 45.8 Å². The Morgan fingerprint density at radius 1 is 1.18 bits per heavy atom. The molecule has 2 heterocycles. The van der Waals surface area contributed by atoms with Crippen molar-refractivity contribution in [3.63, 3.8) is 0 Å². The van der Waals surface area contributed by atoms with Crippen LogP contribution in [0.4, 0.5) is 0 Å². The molecule has 4 aliphatic carbocycles. The fourth-order valence-corrected chi connectivity index (χ4v) is 10.8. The summed E-state index contributed by atoms with van der Waals surface area (Å²) in [6.07, 6.45) is -0.115. The quantitative estimate of drug-likeness (QED) is 0.172. The molecule has 0 aromatic heterocycles. The molecule has 13 atom stereocenters. The summed E-state index contributed by atoms with van der Waals surface area (Å²) >= 11 is 0. The van der Waals surface area contributed by atoms with E-state index in [0.717, 1.165) is 24.7 Å². The number of fused-ring (bicyclic) bond motifs is 2. The molecule has 3 N–H and O–H groups in total. The molecule has 0 unspecified atom stereocenters. The second-order valence-electron chi connectivity index (χ2n) is 14.6. The Balaban J connectivity index is 1.33. The highest BCUT2D eigenvalue weighted by Gasteiger charge is 2.84. The fourth-order valence-electron chi connectivity index (χ4n) is 10.8. The summed E-state index contributed by atoms with van der Waals surface area (Å²) in [4.78, 5) is 51.0. The summed E-state index contributed by atoms with van der Waals surface area (Å²) in [6.45, 7) is 7.69. The Bertz CT molecular complexity index is 1280. The van der Waals surface area contributed by atoms with Crippen molar-refractivity contribution in [3.05, 3.63) is 11.6 Å². The van der Waals surface area contributed by atoms with E-state index in [1.807, 2.05) is 13.8 Å². The average molecular weight is 635 g/mol. The van der Waals surface area contributed by atoms with Crippen LogP contribution in [0.1, 0.15) is 72.6 Å². The van der Waals surface area contributed by atoms with Crippen molar-refractivity contribution in [1.29, 1.82) is 0 Å². The molecule has 0 amide bonds. The fraction of sp³-hybridized carbons (Fsp3) is 0.818. The molecule has 250 valence electrons. The molecule has 1 spiro atoms. The van der Waals surface area contributed by atoms with Crippen LogP contribution < -0.4 is 0 Å². The number of hydrogen-bond donors (Lipinski definition) is 3. The highest BCUT2D eigenvalue weighted by atomic mass is 16.8. The Kier molecular flexibility index (Phi) is 8.04. The van der Waals surface area contributed by atoms with E-state index >= 15 is 0 Å². The number of allylic oxidation sites excluding steroid dienone is 1. The van der Waals surface area contributed by atoms with E-state index in [1.165, 1.54) is 7.11 Å². The van der Waals surface area contributed by atoms with Crippen LogP contribution in [0.2, 0.25) is 0 Å². The van der Waals surface area contributed by atoms with Gasteiger partial charge in [0.1, 0.15) is 11.7 Å². The van der Waals surface area contributed by atoms with Gasteiger partial charge in [0, 0.05) is 18.9 Å². The van der Waals surface area contributed by atoms with Gasteiger partial charge < -0.3 is 43.8 Å². The lowest BCUT2D eigenvalue weighted by Gasteiger charge is -2.58. The van der Waals surface area contributed by atoms with Crippen LogP contribution in [-0.4, -0.2) is 89.7 Å². The Morgan fingerprint density at radius 3 is 2.53 bits per heavy atom. The number of hydrogen-bond acceptors (Lipinski definition) is 10. The number of aliphatic hydroxyl groups is 1. The first-order valence-electron chi connectivity index (χ1n) is 16.3. The van der Waals surface area contributed by atoms with Crippen LogP contribution in [-0.2, 0) is 42.9 Å². The smallest absolute Gasteiger partial charge is 0.338 e. The molecule has 0 aromatic rings. The zero-order chi connectivity index (χ0) is 32.7. The van der Waals surface area contributed by atoms with Gasteiger partial charge in [0.2, 0.25) is 0 Å². The lowest BCUT2D eigenvalue weighted by molar-refractivity contribution is -0.386. The summed E-state index contributed by atoms with van der Waals surface area (Å²) in [7, 11) is 1.38. The van der Waals surface area contributed by atoms with Gasteiger partial charge in [-0.3, -0.25) is 9.59 Å². The van der Waals surface area contributed by atoms with Crippen molar-refractivity contribution in [1.82, 2.24) is 0 Å². The van der Waals surface area contributed by atoms with E-state index in [-0.39, 0.29) is 49.5 Å². The van der Waals surface area contributed by atoms with E-state index in [4.69, 9.17) is 28.8 Å². The maximum Gasteiger partial charge on any atom is 0.338 e. The second kappa shape index (κ2) is 11.1. The number of aldehydes is 1. The predicted octanol–water partition coefficient (Wildman–Crippen LogP) is 2.94. The van der Waals surface area contributed by atoms with Gasteiger partial charge in [-0.15, -0.1) is 0 Å². The van der Waals surface area contributed by atoms with Crippen LogP contribution in [0.25, 0.3) is 0 Å². The molecule has 0 aromatic carbocycles. The normalized spacial score (nSPS) is 48.0. The van der Waals surface area contributed by atoms with Crippen LogP contribution >= 0.6 is 0 Å². The lowest BCUT2D eigenvalue weighted by atomic mass is 9.43. The number of methoxy groups -OCH3 is 1. The number of carboxylic acid groups (broad SMARTS) is 2. The third-order valence-electron chi connectivity index (χ3n) is 12.4. The molecule has 12 heteroatoms. The Labute approximate surface area is 262 Å².